The first-order chi connectivity index (χ1) is 6.97. The molecule has 5 heteroatoms. The summed E-state index contributed by atoms with van der Waals surface area (Å²) in [6, 6.07) is 1.74. The summed E-state index contributed by atoms with van der Waals surface area (Å²) in [6.07, 6.45) is -3.84. The largest absolute Gasteiger partial charge is 0.493 e. The molecule has 1 unspecified atom stereocenters. The summed E-state index contributed by atoms with van der Waals surface area (Å²) in [7, 11) is 1.21. The van der Waals surface area contributed by atoms with Crippen LogP contribution in [0.4, 0.5) is 13.2 Å². The van der Waals surface area contributed by atoms with E-state index in [1.807, 2.05) is 0 Å². The van der Waals surface area contributed by atoms with E-state index in [0.29, 0.717) is 6.07 Å². The number of ether oxygens (including phenoxy) is 1. The Labute approximate surface area is 85.3 Å². The van der Waals surface area contributed by atoms with Crippen molar-refractivity contribution in [2.75, 3.05) is 7.11 Å². The summed E-state index contributed by atoms with van der Waals surface area (Å²) in [6.45, 7) is 1.35. The van der Waals surface area contributed by atoms with Gasteiger partial charge in [0.05, 0.1) is 13.2 Å². The van der Waals surface area contributed by atoms with Crippen LogP contribution in [0.15, 0.2) is 12.1 Å². The number of methoxy groups -OCH3 is 1. The summed E-state index contributed by atoms with van der Waals surface area (Å²) in [5.41, 5.74) is -0.447. The normalized spacial score (nSPS) is 13.0. The highest BCUT2D eigenvalue weighted by atomic mass is 19.3. The molecule has 0 saturated carbocycles. The van der Waals surface area contributed by atoms with E-state index in [1.54, 1.807) is 0 Å². The molecule has 15 heavy (non-hydrogen) atoms. The quantitative estimate of drug-likeness (QED) is 0.848. The molecule has 0 bridgehead atoms. The first kappa shape index (κ1) is 11.8. The lowest BCUT2D eigenvalue weighted by Crippen LogP contribution is -2.01. The molecule has 1 aromatic carbocycles. The number of rotatable bonds is 3. The Morgan fingerprint density at radius 2 is 1.93 bits per heavy atom. The molecule has 0 amide bonds. The number of hydrogen-bond donors (Lipinski definition) is 1. The fourth-order valence-electron chi connectivity index (χ4n) is 1.29. The Morgan fingerprint density at radius 1 is 1.33 bits per heavy atom. The maximum Gasteiger partial charge on any atom is 0.263 e. The Bertz CT molecular complexity index is 351. The molecule has 0 heterocycles. The Morgan fingerprint density at radius 3 is 2.33 bits per heavy atom. The third-order valence-corrected chi connectivity index (χ3v) is 2.00. The predicted molar refractivity (Wildman–Crippen MR) is 48.5 cm³/mol. The molecule has 0 saturated heterocycles. The topological polar surface area (TPSA) is 29.5 Å². The summed E-state index contributed by atoms with van der Waals surface area (Å²) in [4.78, 5) is 0. The van der Waals surface area contributed by atoms with Crippen LogP contribution in [0.3, 0.4) is 0 Å². The lowest BCUT2D eigenvalue weighted by Gasteiger charge is -2.13. The maximum atomic E-state index is 13.3. The van der Waals surface area contributed by atoms with Gasteiger partial charge in [0.15, 0.2) is 11.6 Å². The first-order valence-electron chi connectivity index (χ1n) is 4.31. The van der Waals surface area contributed by atoms with Gasteiger partial charge in [0.25, 0.3) is 6.43 Å². The van der Waals surface area contributed by atoms with Gasteiger partial charge in [-0.05, 0) is 19.1 Å². The molecule has 0 spiro atoms. The highest BCUT2D eigenvalue weighted by Gasteiger charge is 2.18. The standard InChI is InChI=1S/C10H11F3O2/c1-5(14)7-3-6(10(12)13)4-8(11)9(7)15-2/h3-5,10,14H,1-2H3. The second-order valence-electron chi connectivity index (χ2n) is 3.10. The lowest BCUT2D eigenvalue weighted by atomic mass is 10.1. The molecule has 0 aliphatic carbocycles. The first-order valence-corrected chi connectivity index (χ1v) is 4.31. The zero-order valence-corrected chi connectivity index (χ0v) is 8.30. The number of alkyl halides is 2. The van der Waals surface area contributed by atoms with Crippen LogP contribution < -0.4 is 4.74 Å². The van der Waals surface area contributed by atoms with E-state index in [-0.39, 0.29) is 11.3 Å². The highest BCUT2D eigenvalue weighted by Crippen LogP contribution is 2.32. The second kappa shape index (κ2) is 4.53. The molecule has 84 valence electrons. The van der Waals surface area contributed by atoms with Crippen molar-refractivity contribution in [3.63, 3.8) is 0 Å². The molecule has 0 fully saturated rings. The van der Waals surface area contributed by atoms with E-state index in [9.17, 15) is 18.3 Å². The fourth-order valence-corrected chi connectivity index (χ4v) is 1.29. The molecule has 0 aliphatic heterocycles. The third kappa shape index (κ3) is 2.41. The summed E-state index contributed by atoms with van der Waals surface area (Å²) in [5, 5.41) is 9.27. The average Bonchev–Trinajstić information content (AvgIpc) is 2.16. The van der Waals surface area contributed by atoms with Crippen molar-refractivity contribution in [1.29, 1.82) is 0 Å². The van der Waals surface area contributed by atoms with Gasteiger partial charge in [-0.15, -0.1) is 0 Å². The molecule has 1 aromatic rings. The number of aliphatic hydroxyl groups is 1. The third-order valence-electron chi connectivity index (χ3n) is 2.00. The number of hydrogen-bond acceptors (Lipinski definition) is 2. The Kier molecular flexibility index (Phi) is 3.57. The van der Waals surface area contributed by atoms with E-state index in [0.717, 1.165) is 6.07 Å². The number of benzene rings is 1. The van der Waals surface area contributed by atoms with Crippen LogP contribution in [0, 0.1) is 5.82 Å². The molecule has 1 N–H and O–H groups in total. The van der Waals surface area contributed by atoms with Gasteiger partial charge in [0.1, 0.15) is 0 Å². The van der Waals surface area contributed by atoms with Crippen LogP contribution in [0.1, 0.15) is 30.6 Å². The molecular formula is C10H11F3O2. The summed E-state index contributed by atoms with van der Waals surface area (Å²) in [5.74, 6) is -1.10. The van der Waals surface area contributed by atoms with E-state index >= 15 is 0 Å². The molecule has 1 rings (SSSR count). The molecule has 0 aromatic heterocycles. The van der Waals surface area contributed by atoms with Gasteiger partial charge in [0.2, 0.25) is 0 Å². The van der Waals surface area contributed by atoms with Gasteiger partial charge in [-0.25, -0.2) is 13.2 Å². The van der Waals surface area contributed by atoms with Gasteiger partial charge >= 0.3 is 0 Å². The van der Waals surface area contributed by atoms with Gasteiger partial charge < -0.3 is 9.84 Å². The van der Waals surface area contributed by atoms with Crippen molar-refractivity contribution in [3.05, 3.63) is 29.1 Å². The molecule has 2 nitrogen and oxygen atoms in total. The van der Waals surface area contributed by atoms with E-state index in [1.165, 1.54) is 14.0 Å². The molecule has 0 aliphatic rings. The minimum atomic E-state index is -2.78. The lowest BCUT2D eigenvalue weighted by molar-refractivity contribution is 0.149. The fraction of sp³-hybridized carbons (Fsp3) is 0.400. The van der Waals surface area contributed by atoms with E-state index in [2.05, 4.69) is 0 Å². The minimum absolute atomic E-state index is 0.0211. The molecule has 0 radical (unpaired) electrons. The SMILES string of the molecule is COc1c(F)cc(C(F)F)cc1C(C)O. The van der Waals surface area contributed by atoms with Crippen molar-refractivity contribution in [3.8, 4) is 5.75 Å². The Hall–Kier alpha value is -1.23. The van der Waals surface area contributed by atoms with Crippen LogP contribution in [-0.2, 0) is 0 Å². The minimum Gasteiger partial charge on any atom is -0.493 e. The smallest absolute Gasteiger partial charge is 0.263 e. The van der Waals surface area contributed by atoms with Crippen molar-refractivity contribution >= 4 is 0 Å². The Balaban J connectivity index is 3.32. The number of halogens is 3. The second-order valence-corrected chi connectivity index (χ2v) is 3.10. The van der Waals surface area contributed by atoms with Crippen LogP contribution in [0.25, 0.3) is 0 Å². The van der Waals surface area contributed by atoms with E-state index in [4.69, 9.17) is 4.74 Å². The van der Waals surface area contributed by atoms with Gasteiger partial charge in [0, 0.05) is 11.1 Å². The monoisotopic (exact) mass is 220 g/mol. The van der Waals surface area contributed by atoms with Crippen LogP contribution in [0.5, 0.6) is 5.75 Å². The zero-order valence-electron chi connectivity index (χ0n) is 8.30. The van der Waals surface area contributed by atoms with Crippen molar-refractivity contribution in [2.24, 2.45) is 0 Å². The van der Waals surface area contributed by atoms with Crippen molar-refractivity contribution in [2.45, 2.75) is 19.5 Å². The average molecular weight is 220 g/mol. The maximum absolute atomic E-state index is 13.3. The van der Waals surface area contributed by atoms with Crippen molar-refractivity contribution < 1.29 is 23.0 Å². The van der Waals surface area contributed by atoms with Crippen LogP contribution >= 0.6 is 0 Å². The summed E-state index contributed by atoms with van der Waals surface area (Å²) >= 11 is 0. The van der Waals surface area contributed by atoms with E-state index < -0.39 is 23.9 Å². The number of aliphatic hydroxyl groups excluding tert-OH is 1. The van der Waals surface area contributed by atoms with Gasteiger partial charge in [-0.3, -0.25) is 0 Å². The predicted octanol–water partition coefficient (Wildman–Crippen LogP) is 2.83. The molecular weight excluding hydrogens is 209 g/mol. The highest BCUT2D eigenvalue weighted by molar-refractivity contribution is 5.40. The summed E-state index contributed by atoms with van der Waals surface area (Å²) < 4.78 is 42.6. The van der Waals surface area contributed by atoms with Crippen molar-refractivity contribution in [1.82, 2.24) is 0 Å². The van der Waals surface area contributed by atoms with Crippen LogP contribution in [-0.4, -0.2) is 12.2 Å². The zero-order chi connectivity index (χ0) is 11.6. The van der Waals surface area contributed by atoms with Crippen LogP contribution in [0.2, 0.25) is 0 Å². The van der Waals surface area contributed by atoms with Gasteiger partial charge in [-0.1, -0.05) is 0 Å². The van der Waals surface area contributed by atoms with Gasteiger partial charge in [-0.2, -0.15) is 0 Å². The molecule has 1 atom stereocenters.